The van der Waals surface area contributed by atoms with Gasteiger partial charge in [-0.3, -0.25) is 19.4 Å². The van der Waals surface area contributed by atoms with Gasteiger partial charge in [0.05, 0.1) is 23.4 Å². The first kappa shape index (κ1) is 24.1. The topological polar surface area (TPSA) is 101 Å². The highest BCUT2D eigenvalue weighted by Crippen LogP contribution is 2.31. The van der Waals surface area contributed by atoms with Gasteiger partial charge in [0.15, 0.2) is 5.13 Å². The number of methoxy groups -OCH3 is 1. The second-order valence-corrected chi connectivity index (χ2v) is 9.55. The number of sulfonamides is 1. The van der Waals surface area contributed by atoms with Crippen LogP contribution in [-0.2, 0) is 10.0 Å². The minimum absolute atomic E-state index is 0.0548. The fraction of sp³-hybridized carbons (Fsp3) is 0.174. The van der Waals surface area contributed by atoms with Crippen molar-refractivity contribution in [2.75, 3.05) is 23.8 Å². The molecule has 0 unspecified atom stereocenters. The lowest BCUT2D eigenvalue weighted by molar-refractivity contribution is 0.102. The van der Waals surface area contributed by atoms with Gasteiger partial charge in [0.25, 0.3) is 15.9 Å². The molecule has 0 spiro atoms. The van der Waals surface area contributed by atoms with E-state index in [1.807, 2.05) is 19.9 Å². The highest BCUT2D eigenvalue weighted by Gasteiger charge is 2.24. The highest BCUT2D eigenvalue weighted by atomic mass is 32.2. The number of benzene rings is 2. The lowest BCUT2D eigenvalue weighted by Crippen LogP contribution is -2.27. The Morgan fingerprint density at radius 2 is 1.85 bits per heavy atom. The first-order valence-corrected chi connectivity index (χ1v) is 12.3. The summed E-state index contributed by atoms with van der Waals surface area (Å²) in [7, 11) is -0.914. The Morgan fingerprint density at radius 1 is 1.15 bits per heavy atom. The number of hydrogen-bond acceptors (Lipinski definition) is 7. The van der Waals surface area contributed by atoms with Crippen LogP contribution in [0.25, 0.3) is 5.70 Å². The van der Waals surface area contributed by atoms with Crippen molar-refractivity contribution in [2.24, 2.45) is 4.99 Å². The molecular weight excluding hydrogens is 460 g/mol. The van der Waals surface area contributed by atoms with Crippen LogP contribution in [0.4, 0.5) is 10.8 Å². The molecule has 0 aliphatic heterocycles. The minimum Gasteiger partial charge on any atom is -0.495 e. The van der Waals surface area contributed by atoms with E-state index in [0.29, 0.717) is 33.5 Å². The highest BCUT2D eigenvalue weighted by molar-refractivity contribution is 7.92. The lowest BCUT2D eigenvalue weighted by Gasteiger charge is -2.21. The van der Waals surface area contributed by atoms with Crippen LogP contribution in [0, 0.1) is 0 Å². The van der Waals surface area contributed by atoms with E-state index in [-0.39, 0.29) is 10.8 Å². The van der Waals surface area contributed by atoms with Gasteiger partial charge in [-0.05, 0) is 50.2 Å². The molecule has 1 aromatic heterocycles. The number of para-hydroxylation sites is 2. The monoisotopic (exact) mass is 484 g/mol. The normalized spacial score (nSPS) is 12.1. The van der Waals surface area contributed by atoms with Gasteiger partial charge in [-0.2, -0.15) is 0 Å². The fourth-order valence-corrected chi connectivity index (χ4v) is 4.91. The molecule has 0 saturated carbocycles. The summed E-state index contributed by atoms with van der Waals surface area (Å²) in [6.07, 6.45) is 3.51. The largest absolute Gasteiger partial charge is 0.495 e. The van der Waals surface area contributed by atoms with Crippen LogP contribution in [0.3, 0.4) is 0 Å². The molecular formula is C23H24N4O4S2. The molecule has 0 aliphatic carbocycles. The molecule has 0 saturated heterocycles. The van der Waals surface area contributed by atoms with E-state index in [9.17, 15) is 13.2 Å². The molecule has 0 bridgehead atoms. The van der Waals surface area contributed by atoms with E-state index < -0.39 is 10.0 Å². The van der Waals surface area contributed by atoms with Crippen molar-refractivity contribution in [1.82, 2.24) is 4.98 Å². The summed E-state index contributed by atoms with van der Waals surface area (Å²) in [5.41, 5.74) is 2.09. The van der Waals surface area contributed by atoms with Crippen molar-refractivity contribution in [3.05, 3.63) is 71.2 Å². The van der Waals surface area contributed by atoms with Crippen LogP contribution in [0.15, 0.2) is 69.9 Å². The van der Waals surface area contributed by atoms with Gasteiger partial charge in [-0.25, -0.2) is 13.4 Å². The molecule has 0 atom stereocenters. The Morgan fingerprint density at radius 3 is 2.48 bits per heavy atom. The second kappa shape index (κ2) is 10.4. The first-order valence-electron chi connectivity index (χ1n) is 9.96. The molecule has 3 rings (SSSR count). The minimum atomic E-state index is -3.85. The van der Waals surface area contributed by atoms with E-state index in [4.69, 9.17) is 4.74 Å². The van der Waals surface area contributed by atoms with E-state index in [2.05, 4.69) is 15.3 Å². The number of thiazole rings is 1. The predicted octanol–water partition coefficient (Wildman–Crippen LogP) is 4.68. The Bertz CT molecular complexity index is 1300. The number of ether oxygens (including phenoxy) is 1. The molecule has 8 nitrogen and oxygen atoms in total. The Labute approximate surface area is 197 Å². The number of nitrogens with zero attached hydrogens (tertiary/aromatic N) is 3. The predicted molar refractivity (Wildman–Crippen MR) is 133 cm³/mol. The SMILES string of the molecule is CC=N/C(=C\C)c1csc(NC(=O)c2ccc(S(=O)(=O)N(C)c3ccccc3OC)cc2)n1. The van der Waals surface area contributed by atoms with Crippen LogP contribution in [0.1, 0.15) is 29.9 Å². The summed E-state index contributed by atoms with van der Waals surface area (Å²) in [4.78, 5) is 21.3. The number of nitrogens with one attached hydrogen (secondary N) is 1. The molecule has 10 heteroatoms. The number of allylic oxidation sites excluding steroid dienone is 1. The quantitative estimate of drug-likeness (QED) is 0.468. The molecule has 1 N–H and O–H groups in total. The van der Waals surface area contributed by atoms with Gasteiger partial charge in [-0.15, -0.1) is 11.3 Å². The number of aliphatic imine (C=N–C) groups is 1. The third-order valence-corrected chi connectivity index (χ3v) is 7.27. The van der Waals surface area contributed by atoms with Crippen molar-refractivity contribution < 1.29 is 17.9 Å². The molecule has 33 heavy (non-hydrogen) atoms. The van der Waals surface area contributed by atoms with Crippen molar-refractivity contribution >= 4 is 50.0 Å². The Balaban J connectivity index is 1.77. The molecule has 3 aromatic rings. The van der Waals surface area contributed by atoms with Crippen LogP contribution in [-0.4, -0.2) is 39.7 Å². The van der Waals surface area contributed by atoms with Crippen molar-refractivity contribution in [3.63, 3.8) is 0 Å². The standard InChI is InChI=1S/C23H24N4O4S2/c1-5-18(24-6-2)19-15-32-23(25-19)26-22(28)16-11-13-17(14-12-16)33(29,30)27(3)20-9-7-8-10-21(20)31-4/h5-15H,1-4H3,(H,25,26,28)/b18-5-,24-6?. The molecule has 172 valence electrons. The molecule has 0 fully saturated rings. The van der Waals surface area contributed by atoms with Crippen molar-refractivity contribution in [3.8, 4) is 5.75 Å². The van der Waals surface area contributed by atoms with Gasteiger partial charge >= 0.3 is 0 Å². The Kier molecular flexibility index (Phi) is 7.62. The third-order valence-electron chi connectivity index (χ3n) is 4.73. The van der Waals surface area contributed by atoms with Crippen LogP contribution >= 0.6 is 11.3 Å². The van der Waals surface area contributed by atoms with Crippen LogP contribution < -0.4 is 14.4 Å². The number of carbonyl (C=O) groups excluding carboxylic acids is 1. The van der Waals surface area contributed by atoms with E-state index in [0.717, 1.165) is 4.31 Å². The van der Waals surface area contributed by atoms with E-state index >= 15 is 0 Å². The summed E-state index contributed by atoms with van der Waals surface area (Å²) in [6.45, 7) is 3.68. The molecule has 2 aromatic carbocycles. The zero-order valence-corrected chi connectivity index (χ0v) is 20.3. The van der Waals surface area contributed by atoms with E-state index in [1.54, 1.807) is 35.9 Å². The van der Waals surface area contributed by atoms with Gasteiger partial charge in [0.1, 0.15) is 11.4 Å². The smallest absolute Gasteiger partial charge is 0.264 e. The van der Waals surface area contributed by atoms with Gasteiger partial charge in [0, 0.05) is 24.2 Å². The maximum absolute atomic E-state index is 13.1. The zero-order valence-electron chi connectivity index (χ0n) is 18.6. The summed E-state index contributed by atoms with van der Waals surface area (Å²) >= 11 is 1.28. The zero-order chi connectivity index (χ0) is 24.0. The molecule has 0 aliphatic rings. The number of aromatic nitrogens is 1. The van der Waals surface area contributed by atoms with Gasteiger partial charge in [-0.1, -0.05) is 18.2 Å². The molecule has 1 heterocycles. The van der Waals surface area contributed by atoms with Gasteiger partial charge in [0.2, 0.25) is 0 Å². The van der Waals surface area contributed by atoms with E-state index in [1.165, 1.54) is 49.8 Å². The average molecular weight is 485 g/mol. The fourth-order valence-electron chi connectivity index (χ4n) is 3.00. The number of hydrogen-bond donors (Lipinski definition) is 1. The maximum atomic E-state index is 13.1. The Hall–Kier alpha value is -3.50. The molecule has 1 amide bonds. The second-order valence-electron chi connectivity index (χ2n) is 6.72. The number of amides is 1. The third kappa shape index (κ3) is 5.29. The summed E-state index contributed by atoms with van der Waals surface area (Å²) in [5.74, 6) is 0.0482. The number of rotatable bonds is 8. The first-order chi connectivity index (χ1) is 15.8. The van der Waals surface area contributed by atoms with Crippen molar-refractivity contribution in [1.29, 1.82) is 0 Å². The number of carbonyl (C=O) groups is 1. The maximum Gasteiger partial charge on any atom is 0.264 e. The van der Waals surface area contributed by atoms with Gasteiger partial charge < -0.3 is 4.74 Å². The summed E-state index contributed by atoms with van der Waals surface area (Å²) < 4.78 is 32.5. The van der Waals surface area contributed by atoms with Crippen LogP contribution in [0.2, 0.25) is 0 Å². The lowest BCUT2D eigenvalue weighted by atomic mass is 10.2. The van der Waals surface area contributed by atoms with Crippen LogP contribution in [0.5, 0.6) is 5.75 Å². The van der Waals surface area contributed by atoms with Crippen molar-refractivity contribution in [2.45, 2.75) is 18.7 Å². The number of anilines is 2. The molecule has 0 radical (unpaired) electrons. The summed E-state index contributed by atoms with van der Waals surface area (Å²) in [6, 6.07) is 12.6. The summed E-state index contributed by atoms with van der Waals surface area (Å²) in [5, 5.41) is 4.97. The average Bonchev–Trinajstić information content (AvgIpc) is 3.30.